The van der Waals surface area contributed by atoms with Crippen LogP contribution >= 0.6 is 34.8 Å². The standard InChI is InChI=1S/C9H7Cl3N2O2/c1-2-3(8(13)15)6(11)7(12)4(5(2)10)9(14)16/h1H3,(H2,13,15)(H2,14,16). The van der Waals surface area contributed by atoms with Gasteiger partial charge in [0.1, 0.15) is 0 Å². The van der Waals surface area contributed by atoms with Crippen molar-refractivity contribution in [3.05, 3.63) is 31.8 Å². The second-order valence-corrected chi connectivity index (χ2v) is 4.18. The Morgan fingerprint density at radius 3 is 1.62 bits per heavy atom. The Morgan fingerprint density at radius 1 is 0.875 bits per heavy atom. The van der Waals surface area contributed by atoms with Gasteiger partial charge in [0.15, 0.2) is 0 Å². The van der Waals surface area contributed by atoms with E-state index in [1.807, 2.05) is 0 Å². The molecule has 0 aliphatic rings. The number of primary amides is 2. The number of benzene rings is 1. The summed E-state index contributed by atoms with van der Waals surface area (Å²) in [6, 6.07) is 0. The van der Waals surface area contributed by atoms with Crippen molar-refractivity contribution in [1.82, 2.24) is 0 Å². The molecule has 4 N–H and O–H groups in total. The Kier molecular flexibility index (Phi) is 3.68. The molecule has 4 nitrogen and oxygen atoms in total. The third-order valence-electron chi connectivity index (χ3n) is 2.05. The molecule has 86 valence electrons. The SMILES string of the molecule is Cc1c(Cl)c(C(N)=O)c(Cl)c(Cl)c1C(N)=O. The first-order chi connectivity index (χ1) is 7.29. The van der Waals surface area contributed by atoms with Crippen molar-refractivity contribution in [3.63, 3.8) is 0 Å². The van der Waals surface area contributed by atoms with Crippen LogP contribution in [0.5, 0.6) is 0 Å². The molecule has 7 heteroatoms. The Hall–Kier alpha value is -0.970. The third-order valence-corrected chi connectivity index (χ3v) is 3.37. The van der Waals surface area contributed by atoms with Crippen molar-refractivity contribution in [2.24, 2.45) is 11.5 Å². The van der Waals surface area contributed by atoms with Crippen LogP contribution in [0.1, 0.15) is 26.3 Å². The molecule has 0 heterocycles. The summed E-state index contributed by atoms with van der Waals surface area (Å²) in [7, 11) is 0. The molecule has 0 aliphatic carbocycles. The molecule has 0 spiro atoms. The maximum atomic E-state index is 11.1. The van der Waals surface area contributed by atoms with E-state index in [-0.39, 0.29) is 31.8 Å². The lowest BCUT2D eigenvalue weighted by atomic mass is 10.0. The molecule has 0 unspecified atom stereocenters. The minimum atomic E-state index is -0.823. The first-order valence-electron chi connectivity index (χ1n) is 4.05. The van der Waals surface area contributed by atoms with E-state index in [9.17, 15) is 9.59 Å². The van der Waals surface area contributed by atoms with Gasteiger partial charge >= 0.3 is 0 Å². The second-order valence-electron chi connectivity index (χ2n) is 3.05. The number of amides is 2. The monoisotopic (exact) mass is 280 g/mol. The highest BCUT2D eigenvalue weighted by Crippen LogP contribution is 2.37. The Morgan fingerprint density at radius 2 is 1.25 bits per heavy atom. The summed E-state index contributed by atoms with van der Waals surface area (Å²) in [4.78, 5) is 22.2. The Labute approximate surface area is 106 Å². The largest absolute Gasteiger partial charge is 0.366 e. The molecule has 0 fully saturated rings. The molecule has 0 bridgehead atoms. The van der Waals surface area contributed by atoms with Gasteiger partial charge in [-0.25, -0.2) is 0 Å². The van der Waals surface area contributed by atoms with Gasteiger partial charge in [0.05, 0.1) is 26.2 Å². The van der Waals surface area contributed by atoms with Crippen LogP contribution in [0, 0.1) is 6.92 Å². The van der Waals surface area contributed by atoms with Gasteiger partial charge in [0.25, 0.3) is 11.8 Å². The average molecular weight is 282 g/mol. The van der Waals surface area contributed by atoms with Crippen molar-refractivity contribution in [2.75, 3.05) is 0 Å². The fourth-order valence-electron chi connectivity index (χ4n) is 1.29. The average Bonchev–Trinajstić information content (AvgIpc) is 2.14. The first-order valence-corrected chi connectivity index (χ1v) is 5.19. The van der Waals surface area contributed by atoms with E-state index in [0.29, 0.717) is 0 Å². The number of nitrogens with two attached hydrogens (primary N) is 2. The van der Waals surface area contributed by atoms with Gasteiger partial charge in [-0.15, -0.1) is 0 Å². The number of rotatable bonds is 2. The Balaban J connectivity index is 3.77. The van der Waals surface area contributed by atoms with E-state index in [2.05, 4.69) is 0 Å². The lowest BCUT2D eigenvalue weighted by Crippen LogP contribution is -2.18. The molecule has 0 saturated carbocycles. The summed E-state index contributed by atoms with van der Waals surface area (Å²) < 4.78 is 0. The number of hydrogen-bond donors (Lipinski definition) is 2. The van der Waals surface area contributed by atoms with Gasteiger partial charge in [-0.1, -0.05) is 34.8 Å². The van der Waals surface area contributed by atoms with E-state index < -0.39 is 11.8 Å². The van der Waals surface area contributed by atoms with Gasteiger partial charge in [-0.05, 0) is 12.5 Å². The Bertz CT molecular complexity index is 426. The molecule has 0 aliphatic heterocycles. The minimum Gasteiger partial charge on any atom is -0.366 e. The topological polar surface area (TPSA) is 86.2 Å². The lowest BCUT2D eigenvalue weighted by Gasteiger charge is -2.12. The summed E-state index contributed by atoms with van der Waals surface area (Å²) >= 11 is 17.5. The summed E-state index contributed by atoms with van der Waals surface area (Å²) in [5.74, 6) is -1.60. The van der Waals surface area contributed by atoms with E-state index in [1.165, 1.54) is 6.92 Å². The summed E-state index contributed by atoms with van der Waals surface area (Å²) in [5.41, 5.74) is 10.4. The van der Waals surface area contributed by atoms with Crippen LogP contribution in [-0.2, 0) is 0 Å². The highest BCUT2D eigenvalue weighted by molar-refractivity contribution is 6.48. The van der Waals surface area contributed by atoms with Crippen molar-refractivity contribution >= 4 is 46.6 Å². The molecule has 1 rings (SSSR count). The van der Waals surface area contributed by atoms with E-state index in [1.54, 1.807) is 0 Å². The number of carbonyl (C=O) groups is 2. The number of hydrogen-bond acceptors (Lipinski definition) is 2. The quantitative estimate of drug-likeness (QED) is 0.814. The maximum Gasteiger partial charge on any atom is 0.251 e. The third kappa shape index (κ3) is 1.96. The van der Waals surface area contributed by atoms with Crippen LogP contribution in [0.25, 0.3) is 0 Å². The first kappa shape index (κ1) is 13.1. The van der Waals surface area contributed by atoms with E-state index in [4.69, 9.17) is 46.3 Å². The van der Waals surface area contributed by atoms with Crippen LogP contribution in [0.2, 0.25) is 15.1 Å². The van der Waals surface area contributed by atoms with Crippen LogP contribution < -0.4 is 11.5 Å². The molecule has 16 heavy (non-hydrogen) atoms. The highest BCUT2D eigenvalue weighted by atomic mass is 35.5. The van der Waals surface area contributed by atoms with Crippen molar-refractivity contribution in [2.45, 2.75) is 6.92 Å². The molecular formula is C9H7Cl3N2O2. The van der Waals surface area contributed by atoms with Gasteiger partial charge in [0.2, 0.25) is 0 Å². The summed E-state index contributed by atoms with van der Waals surface area (Å²) in [6.07, 6.45) is 0. The zero-order chi connectivity index (χ0) is 12.6. The van der Waals surface area contributed by atoms with Crippen molar-refractivity contribution in [1.29, 1.82) is 0 Å². The molecule has 1 aromatic carbocycles. The fourth-order valence-corrected chi connectivity index (χ4v) is 2.23. The van der Waals surface area contributed by atoms with Crippen LogP contribution in [-0.4, -0.2) is 11.8 Å². The second kappa shape index (κ2) is 4.49. The van der Waals surface area contributed by atoms with Crippen LogP contribution in [0.4, 0.5) is 0 Å². The van der Waals surface area contributed by atoms with Crippen LogP contribution in [0.3, 0.4) is 0 Å². The maximum absolute atomic E-state index is 11.1. The van der Waals surface area contributed by atoms with Crippen LogP contribution in [0.15, 0.2) is 0 Å². The normalized spacial score (nSPS) is 10.2. The fraction of sp³-hybridized carbons (Fsp3) is 0.111. The van der Waals surface area contributed by atoms with Gasteiger partial charge in [-0.2, -0.15) is 0 Å². The summed E-state index contributed by atoms with van der Waals surface area (Å²) in [5, 5.41) is -0.306. The zero-order valence-electron chi connectivity index (χ0n) is 8.11. The number of halogens is 3. The molecule has 2 amide bonds. The van der Waals surface area contributed by atoms with Gasteiger partial charge < -0.3 is 11.5 Å². The molecule has 0 radical (unpaired) electrons. The zero-order valence-corrected chi connectivity index (χ0v) is 10.4. The molecule has 0 aromatic heterocycles. The smallest absolute Gasteiger partial charge is 0.251 e. The minimum absolute atomic E-state index is 0.0123. The number of carbonyl (C=O) groups excluding carboxylic acids is 2. The molecule has 0 saturated heterocycles. The summed E-state index contributed by atoms with van der Waals surface area (Å²) in [6.45, 7) is 1.50. The van der Waals surface area contributed by atoms with Crippen molar-refractivity contribution < 1.29 is 9.59 Å². The van der Waals surface area contributed by atoms with E-state index >= 15 is 0 Å². The predicted octanol–water partition coefficient (Wildman–Crippen LogP) is 2.15. The lowest BCUT2D eigenvalue weighted by molar-refractivity contribution is 0.0988. The molecule has 1 aromatic rings. The van der Waals surface area contributed by atoms with Crippen molar-refractivity contribution in [3.8, 4) is 0 Å². The van der Waals surface area contributed by atoms with E-state index in [0.717, 1.165) is 0 Å². The molecule has 0 atom stereocenters. The van der Waals surface area contributed by atoms with Gasteiger partial charge in [-0.3, -0.25) is 9.59 Å². The van der Waals surface area contributed by atoms with Gasteiger partial charge in [0, 0.05) is 0 Å². The molecular weight excluding hydrogens is 274 g/mol. The highest BCUT2D eigenvalue weighted by Gasteiger charge is 2.24. The predicted molar refractivity (Wildman–Crippen MR) is 63.2 cm³/mol.